The van der Waals surface area contributed by atoms with E-state index in [0.717, 1.165) is 52.1 Å². The Morgan fingerprint density at radius 3 is 1.23 bits per heavy atom. The first-order valence-corrected chi connectivity index (χ1v) is 24.1. The summed E-state index contributed by atoms with van der Waals surface area (Å²) in [6.45, 7) is 9.30. The van der Waals surface area contributed by atoms with Crippen LogP contribution in [0.2, 0.25) is 0 Å². The fraction of sp³-hybridized carbons (Fsp3) is 0.571. The minimum absolute atomic E-state index is 0.132. The quantitative estimate of drug-likeness (QED) is 0.0474. The lowest BCUT2D eigenvalue weighted by Crippen LogP contribution is -2.25. The van der Waals surface area contributed by atoms with Gasteiger partial charge in [0.1, 0.15) is 0 Å². The van der Waals surface area contributed by atoms with Crippen molar-refractivity contribution in [2.24, 2.45) is 0 Å². The molecule has 0 aliphatic heterocycles. The van der Waals surface area contributed by atoms with Gasteiger partial charge in [-0.1, -0.05) is 173 Å². The van der Waals surface area contributed by atoms with Gasteiger partial charge in [-0.25, -0.2) is 0 Å². The van der Waals surface area contributed by atoms with Gasteiger partial charge in [-0.3, -0.25) is 0 Å². The number of rotatable bonds is 31. The van der Waals surface area contributed by atoms with E-state index in [0.29, 0.717) is 13.2 Å². The second-order valence-electron chi connectivity index (χ2n) is 18.2. The van der Waals surface area contributed by atoms with E-state index in [1.807, 2.05) is 14.2 Å². The summed E-state index contributed by atoms with van der Waals surface area (Å²) in [6.07, 6.45) is 24.6. The van der Waals surface area contributed by atoms with E-state index in [4.69, 9.17) is 18.9 Å². The second-order valence-corrected chi connectivity index (χ2v) is 18.2. The number of unbranched alkanes of at least 4 members (excludes halogenated alkanes) is 12. The van der Waals surface area contributed by atoms with Crippen molar-refractivity contribution in [1.29, 1.82) is 0 Å². The van der Waals surface area contributed by atoms with Gasteiger partial charge in [0.05, 0.1) is 13.2 Å². The van der Waals surface area contributed by atoms with E-state index in [9.17, 15) is 0 Å². The van der Waals surface area contributed by atoms with Gasteiger partial charge in [0.15, 0.2) is 0 Å². The Hall–Kier alpha value is -3.28. The SMILES string of the molecule is COCCCCCCC1(CCCCCCOCCOCCCCCCC2(CCCCCCOC)c3ccccc3-c3ccc(C)cc32)c2ccccc2-c2cc(C)ccc21. The molecular weight excluding hydrogens is 737 g/mol. The highest BCUT2D eigenvalue weighted by atomic mass is 16.5. The van der Waals surface area contributed by atoms with Crippen molar-refractivity contribution in [2.75, 3.05) is 53.9 Å². The summed E-state index contributed by atoms with van der Waals surface area (Å²) < 4.78 is 22.7. The number of fused-ring (bicyclic) bond motifs is 6. The van der Waals surface area contributed by atoms with Crippen LogP contribution in [0.4, 0.5) is 0 Å². The number of ether oxygens (including phenoxy) is 4. The Bertz CT molecular complexity index is 1860. The van der Waals surface area contributed by atoms with Gasteiger partial charge in [0, 0.05) is 51.5 Å². The summed E-state index contributed by atoms with van der Waals surface area (Å²) in [5.41, 5.74) is 15.1. The molecule has 2 aliphatic carbocycles. The van der Waals surface area contributed by atoms with E-state index < -0.39 is 0 Å². The van der Waals surface area contributed by atoms with Crippen LogP contribution in [0, 0.1) is 13.8 Å². The van der Waals surface area contributed by atoms with Gasteiger partial charge >= 0.3 is 0 Å². The predicted molar refractivity (Wildman–Crippen MR) is 253 cm³/mol. The van der Waals surface area contributed by atoms with Gasteiger partial charge in [0.25, 0.3) is 0 Å². The normalized spacial score (nSPS) is 17.5. The molecule has 4 aromatic rings. The Balaban J connectivity index is 0.862. The minimum Gasteiger partial charge on any atom is -0.385 e. The van der Waals surface area contributed by atoms with Crippen molar-refractivity contribution in [3.05, 3.63) is 118 Å². The monoisotopic (exact) mass is 815 g/mol. The molecule has 0 heterocycles. The Morgan fingerprint density at radius 2 is 0.717 bits per heavy atom. The fourth-order valence-corrected chi connectivity index (χ4v) is 10.8. The van der Waals surface area contributed by atoms with Crippen LogP contribution in [0.1, 0.15) is 162 Å². The van der Waals surface area contributed by atoms with Gasteiger partial charge in [-0.15, -0.1) is 0 Å². The van der Waals surface area contributed by atoms with Crippen LogP contribution in [0.25, 0.3) is 22.3 Å². The molecule has 0 saturated carbocycles. The highest BCUT2D eigenvalue weighted by molar-refractivity contribution is 5.82. The maximum absolute atomic E-state index is 6.03. The molecule has 4 heteroatoms. The van der Waals surface area contributed by atoms with E-state index in [1.165, 1.54) is 136 Å². The lowest BCUT2D eigenvalue weighted by molar-refractivity contribution is 0.0448. The first-order valence-electron chi connectivity index (χ1n) is 24.1. The molecular formula is C56H78O4. The van der Waals surface area contributed by atoms with Crippen LogP contribution in [0.5, 0.6) is 0 Å². The molecule has 2 aliphatic rings. The van der Waals surface area contributed by atoms with Gasteiger partial charge in [-0.05, 0) is 110 Å². The Morgan fingerprint density at radius 1 is 0.333 bits per heavy atom. The fourth-order valence-electron chi connectivity index (χ4n) is 10.8. The molecule has 4 nitrogen and oxygen atoms in total. The summed E-state index contributed by atoms with van der Waals surface area (Å²) in [7, 11) is 3.62. The van der Waals surface area contributed by atoms with Crippen LogP contribution in [0.3, 0.4) is 0 Å². The van der Waals surface area contributed by atoms with Crippen molar-refractivity contribution in [3.63, 3.8) is 0 Å². The van der Waals surface area contributed by atoms with Crippen LogP contribution >= 0.6 is 0 Å². The maximum atomic E-state index is 6.03. The first-order chi connectivity index (χ1) is 29.5. The van der Waals surface area contributed by atoms with Crippen molar-refractivity contribution < 1.29 is 18.9 Å². The maximum Gasteiger partial charge on any atom is 0.0700 e. The molecule has 326 valence electrons. The molecule has 0 saturated heterocycles. The number of hydrogen-bond donors (Lipinski definition) is 0. The van der Waals surface area contributed by atoms with E-state index in [-0.39, 0.29) is 10.8 Å². The average Bonchev–Trinajstić information content (AvgIpc) is 3.69. The molecule has 0 radical (unpaired) electrons. The van der Waals surface area contributed by atoms with Gasteiger partial charge < -0.3 is 18.9 Å². The summed E-state index contributed by atoms with van der Waals surface area (Å²) >= 11 is 0. The summed E-state index contributed by atoms with van der Waals surface area (Å²) in [6, 6.07) is 32.9. The molecule has 6 rings (SSSR count). The highest BCUT2D eigenvalue weighted by Gasteiger charge is 2.43. The molecule has 0 N–H and O–H groups in total. The first kappa shape index (κ1) is 46.2. The minimum atomic E-state index is 0.132. The molecule has 0 fully saturated rings. The molecule has 0 amide bonds. The molecule has 0 bridgehead atoms. The van der Waals surface area contributed by atoms with Crippen molar-refractivity contribution in [1.82, 2.24) is 0 Å². The topological polar surface area (TPSA) is 36.9 Å². The summed E-state index contributed by atoms with van der Waals surface area (Å²) in [4.78, 5) is 0. The largest absolute Gasteiger partial charge is 0.385 e. The summed E-state index contributed by atoms with van der Waals surface area (Å²) in [5, 5.41) is 0. The lowest BCUT2D eigenvalue weighted by Gasteiger charge is -2.33. The average molecular weight is 815 g/mol. The predicted octanol–water partition coefficient (Wildman–Crippen LogP) is 14.7. The molecule has 4 aromatic carbocycles. The molecule has 2 atom stereocenters. The number of aryl methyl sites for hydroxylation is 2. The van der Waals surface area contributed by atoms with Gasteiger partial charge in [-0.2, -0.15) is 0 Å². The third kappa shape index (κ3) is 11.8. The molecule has 0 spiro atoms. The molecule has 2 unspecified atom stereocenters. The van der Waals surface area contributed by atoms with Crippen LogP contribution < -0.4 is 0 Å². The van der Waals surface area contributed by atoms with Gasteiger partial charge in [0.2, 0.25) is 0 Å². The van der Waals surface area contributed by atoms with Crippen molar-refractivity contribution in [3.8, 4) is 22.3 Å². The zero-order chi connectivity index (χ0) is 41.9. The standard InChI is InChI=1S/C56H78O4/c1-45-30-32-53-50(43-45)48-26-14-16-28-52(48)55(53,33-17-5-9-21-37-57-3)34-18-7-11-23-39-59-41-42-60-40-24-12-8-20-36-56(35-19-6-10-22-38-58-4)51-27-15-13-25-47(51)49-31-29-46(2)44-54(49)56/h13-16,25-32,43-44H,5-12,17-24,33-42H2,1-4H3. The lowest BCUT2D eigenvalue weighted by atomic mass is 9.70. The smallest absolute Gasteiger partial charge is 0.0700 e. The zero-order valence-corrected chi connectivity index (χ0v) is 38.1. The number of methoxy groups -OCH3 is 2. The third-order valence-corrected chi connectivity index (χ3v) is 13.9. The van der Waals surface area contributed by atoms with Crippen LogP contribution in [0.15, 0.2) is 84.9 Å². The molecule has 60 heavy (non-hydrogen) atoms. The Kier molecular flexibility index (Phi) is 18.8. The number of benzene rings is 4. The highest BCUT2D eigenvalue weighted by Crippen LogP contribution is 2.55. The van der Waals surface area contributed by atoms with E-state index in [2.05, 4.69) is 98.8 Å². The zero-order valence-electron chi connectivity index (χ0n) is 38.1. The summed E-state index contributed by atoms with van der Waals surface area (Å²) in [5.74, 6) is 0. The third-order valence-electron chi connectivity index (χ3n) is 13.9. The van der Waals surface area contributed by atoms with Crippen molar-refractivity contribution >= 4 is 0 Å². The van der Waals surface area contributed by atoms with Crippen molar-refractivity contribution in [2.45, 2.75) is 153 Å². The van der Waals surface area contributed by atoms with E-state index >= 15 is 0 Å². The van der Waals surface area contributed by atoms with E-state index in [1.54, 1.807) is 22.3 Å². The van der Waals surface area contributed by atoms with Crippen LogP contribution in [-0.4, -0.2) is 53.9 Å². The number of hydrogen-bond acceptors (Lipinski definition) is 4. The molecule has 0 aromatic heterocycles. The van der Waals surface area contributed by atoms with Crippen LogP contribution in [-0.2, 0) is 29.8 Å². The Labute approximate surface area is 365 Å². The second kappa shape index (κ2) is 24.4.